The SMILES string of the molecule is O=C(NOCCO)c1cc(C=NOCCCCO)c(F)c(F)c1Nc1ccc(I)cc1F. The number of rotatable bonds is 12. The van der Waals surface area contributed by atoms with Crippen molar-refractivity contribution in [1.29, 1.82) is 0 Å². The Labute approximate surface area is 195 Å². The molecule has 0 saturated heterocycles. The number of nitrogens with one attached hydrogen (secondary N) is 2. The van der Waals surface area contributed by atoms with Gasteiger partial charge in [-0.25, -0.2) is 18.7 Å². The first kappa shape index (κ1) is 25.8. The number of halogens is 4. The zero-order valence-electron chi connectivity index (χ0n) is 16.7. The van der Waals surface area contributed by atoms with Gasteiger partial charge in [-0.1, -0.05) is 5.16 Å². The highest BCUT2D eigenvalue weighted by molar-refractivity contribution is 14.1. The number of benzene rings is 2. The smallest absolute Gasteiger partial charge is 0.277 e. The van der Waals surface area contributed by atoms with Crippen molar-refractivity contribution < 1.29 is 37.9 Å². The molecule has 0 atom stereocenters. The van der Waals surface area contributed by atoms with Gasteiger partial charge in [0.1, 0.15) is 12.4 Å². The number of aliphatic hydroxyl groups excluding tert-OH is 2. The first-order chi connectivity index (χ1) is 15.4. The summed E-state index contributed by atoms with van der Waals surface area (Å²) in [6.07, 6.45) is 1.88. The molecule has 174 valence electrons. The van der Waals surface area contributed by atoms with E-state index in [1.807, 2.05) is 28.1 Å². The largest absolute Gasteiger partial charge is 0.396 e. The van der Waals surface area contributed by atoms with Gasteiger partial charge in [-0.15, -0.1) is 0 Å². The van der Waals surface area contributed by atoms with Crippen molar-refractivity contribution in [3.05, 3.63) is 56.4 Å². The lowest BCUT2D eigenvalue weighted by molar-refractivity contribution is 0.0168. The lowest BCUT2D eigenvalue weighted by Crippen LogP contribution is -2.26. The maximum absolute atomic E-state index is 14.9. The van der Waals surface area contributed by atoms with Crippen molar-refractivity contribution in [2.24, 2.45) is 5.16 Å². The Hall–Kier alpha value is -2.42. The van der Waals surface area contributed by atoms with Gasteiger partial charge in [0.05, 0.1) is 36.4 Å². The normalized spacial score (nSPS) is 11.1. The maximum Gasteiger partial charge on any atom is 0.277 e. The molecule has 32 heavy (non-hydrogen) atoms. The van der Waals surface area contributed by atoms with E-state index in [-0.39, 0.29) is 32.1 Å². The van der Waals surface area contributed by atoms with Crippen molar-refractivity contribution in [3.8, 4) is 0 Å². The van der Waals surface area contributed by atoms with E-state index in [4.69, 9.17) is 19.9 Å². The lowest BCUT2D eigenvalue weighted by atomic mass is 10.1. The van der Waals surface area contributed by atoms with E-state index in [0.29, 0.717) is 16.4 Å². The quantitative estimate of drug-likeness (QED) is 0.136. The molecule has 0 unspecified atom stereocenters. The summed E-state index contributed by atoms with van der Waals surface area (Å²) in [6.45, 7) is -0.489. The summed E-state index contributed by atoms with van der Waals surface area (Å²) in [5.41, 5.74) is 0.398. The van der Waals surface area contributed by atoms with Crippen LogP contribution in [0.3, 0.4) is 0 Å². The van der Waals surface area contributed by atoms with Crippen molar-refractivity contribution in [1.82, 2.24) is 5.48 Å². The number of hydrogen-bond donors (Lipinski definition) is 4. The summed E-state index contributed by atoms with van der Waals surface area (Å²) in [6, 6.07) is 5.02. The number of carbonyl (C=O) groups is 1. The number of carbonyl (C=O) groups excluding carboxylic acids is 1. The molecule has 0 bridgehead atoms. The van der Waals surface area contributed by atoms with E-state index < -0.39 is 40.2 Å². The van der Waals surface area contributed by atoms with Crippen LogP contribution in [0.2, 0.25) is 0 Å². The summed E-state index contributed by atoms with van der Waals surface area (Å²) in [5, 5.41) is 23.4. The molecule has 1 amide bonds. The predicted octanol–water partition coefficient (Wildman–Crippen LogP) is 3.23. The number of hydroxylamine groups is 1. The summed E-state index contributed by atoms with van der Waals surface area (Å²) in [4.78, 5) is 22.2. The average Bonchev–Trinajstić information content (AvgIpc) is 2.76. The zero-order valence-corrected chi connectivity index (χ0v) is 18.9. The monoisotopic (exact) mass is 567 g/mol. The van der Waals surface area contributed by atoms with Gasteiger partial charge in [-0.3, -0.25) is 9.63 Å². The van der Waals surface area contributed by atoms with Crippen LogP contribution in [0.1, 0.15) is 28.8 Å². The van der Waals surface area contributed by atoms with Crippen LogP contribution < -0.4 is 10.8 Å². The highest BCUT2D eigenvalue weighted by Gasteiger charge is 2.23. The molecule has 8 nitrogen and oxygen atoms in total. The number of unbranched alkanes of at least 4 members (excludes halogenated alkanes) is 1. The van der Waals surface area contributed by atoms with E-state index in [1.54, 1.807) is 6.07 Å². The summed E-state index contributed by atoms with van der Waals surface area (Å²) >= 11 is 1.89. The number of aliphatic hydroxyl groups is 2. The molecular weight excluding hydrogens is 546 g/mol. The fourth-order valence-corrected chi connectivity index (χ4v) is 2.86. The highest BCUT2D eigenvalue weighted by Crippen LogP contribution is 2.30. The minimum Gasteiger partial charge on any atom is -0.396 e. The molecule has 0 aliphatic heterocycles. The van der Waals surface area contributed by atoms with Gasteiger partial charge in [0, 0.05) is 15.7 Å². The molecule has 2 aromatic rings. The Morgan fingerprint density at radius 2 is 1.88 bits per heavy atom. The molecular formula is C20H21F3IN3O5. The van der Waals surface area contributed by atoms with Crippen molar-refractivity contribution in [2.45, 2.75) is 12.8 Å². The standard InChI is InChI=1S/C20H21F3IN3O5/c21-15-10-13(24)3-4-16(15)26-19-14(20(30)27-32-8-6-29)9-12(17(22)18(19)23)11-25-31-7-2-1-5-28/h3-4,9-11,26,28-29H,1-2,5-8H2,(H,27,30). The van der Waals surface area contributed by atoms with Crippen LogP contribution in [0, 0.1) is 21.0 Å². The first-order valence-electron chi connectivity index (χ1n) is 9.42. The van der Waals surface area contributed by atoms with Crippen molar-refractivity contribution >= 4 is 46.1 Å². The molecule has 2 aromatic carbocycles. The fourth-order valence-electron chi connectivity index (χ4n) is 2.41. The number of amides is 1. The zero-order chi connectivity index (χ0) is 23.5. The highest BCUT2D eigenvalue weighted by atomic mass is 127. The molecule has 0 fully saturated rings. The number of oxime groups is 1. The average molecular weight is 567 g/mol. The third-order valence-electron chi connectivity index (χ3n) is 3.94. The topological polar surface area (TPSA) is 112 Å². The van der Waals surface area contributed by atoms with Gasteiger partial charge in [0.2, 0.25) is 0 Å². The second kappa shape index (κ2) is 13.2. The second-order valence-electron chi connectivity index (χ2n) is 6.27. The van der Waals surface area contributed by atoms with E-state index in [2.05, 4.69) is 10.5 Å². The molecule has 12 heteroatoms. The van der Waals surface area contributed by atoms with E-state index in [0.717, 1.165) is 12.3 Å². The molecule has 0 aliphatic carbocycles. The minimum atomic E-state index is -1.44. The molecule has 4 N–H and O–H groups in total. The Balaban J connectivity index is 2.38. The molecule has 0 saturated carbocycles. The van der Waals surface area contributed by atoms with Gasteiger partial charge in [-0.05, 0) is 59.7 Å². The maximum atomic E-state index is 14.9. The van der Waals surface area contributed by atoms with E-state index >= 15 is 0 Å². The van der Waals surface area contributed by atoms with Gasteiger partial charge in [0.15, 0.2) is 11.6 Å². The van der Waals surface area contributed by atoms with Crippen molar-refractivity contribution in [3.63, 3.8) is 0 Å². The molecule has 0 heterocycles. The number of hydrogen-bond acceptors (Lipinski definition) is 7. The molecule has 0 radical (unpaired) electrons. The third kappa shape index (κ3) is 7.32. The lowest BCUT2D eigenvalue weighted by Gasteiger charge is -2.15. The van der Waals surface area contributed by atoms with Gasteiger partial charge >= 0.3 is 0 Å². The van der Waals surface area contributed by atoms with Gasteiger partial charge in [-0.2, -0.15) is 0 Å². The Morgan fingerprint density at radius 1 is 1.09 bits per heavy atom. The van der Waals surface area contributed by atoms with Crippen LogP contribution in [-0.4, -0.2) is 48.8 Å². The molecule has 0 aromatic heterocycles. The summed E-state index contributed by atoms with van der Waals surface area (Å²) in [7, 11) is 0. The van der Waals surface area contributed by atoms with Gasteiger partial charge in [0.25, 0.3) is 5.91 Å². The Bertz CT molecular complexity index is 963. The summed E-state index contributed by atoms with van der Waals surface area (Å²) in [5.74, 6) is -4.49. The third-order valence-corrected chi connectivity index (χ3v) is 4.61. The second-order valence-corrected chi connectivity index (χ2v) is 7.51. The van der Waals surface area contributed by atoms with Crippen LogP contribution in [0.4, 0.5) is 24.5 Å². The molecule has 0 aliphatic rings. The van der Waals surface area contributed by atoms with Gasteiger partial charge < -0.3 is 20.4 Å². The minimum absolute atomic E-state index is 0.0145. The first-order valence-corrected chi connectivity index (χ1v) is 10.5. The van der Waals surface area contributed by atoms with E-state index in [1.165, 1.54) is 12.1 Å². The van der Waals surface area contributed by atoms with Crippen LogP contribution in [-0.2, 0) is 9.68 Å². The Kier molecular flexibility index (Phi) is 10.7. The molecule has 2 rings (SSSR count). The predicted molar refractivity (Wildman–Crippen MR) is 119 cm³/mol. The number of anilines is 2. The number of nitrogens with zero attached hydrogens (tertiary/aromatic N) is 1. The Morgan fingerprint density at radius 3 is 2.56 bits per heavy atom. The van der Waals surface area contributed by atoms with E-state index in [9.17, 15) is 18.0 Å². The summed E-state index contributed by atoms with van der Waals surface area (Å²) < 4.78 is 44.3. The van der Waals surface area contributed by atoms with Crippen LogP contribution >= 0.6 is 22.6 Å². The van der Waals surface area contributed by atoms with Crippen molar-refractivity contribution in [2.75, 3.05) is 31.7 Å². The van der Waals surface area contributed by atoms with Crippen LogP contribution in [0.15, 0.2) is 29.4 Å². The molecule has 0 spiro atoms. The fraction of sp³-hybridized carbons (Fsp3) is 0.300. The van der Waals surface area contributed by atoms with Crippen LogP contribution in [0.5, 0.6) is 0 Å². The van der Waals surface area contributed by atoms with Crippen LogP contribution in [0.25, 0.3) is 0 Å².